The van der Waals surface area contributed by atoms with Gasteiger partial charge in [0.1, 0.15) is 6.04 Å². The molecule has 1 fully saturated rings. The first kappa shape index (κ1) is 12.5. The molecule has 1 amide bonds. The third-order valence-electron chi connectivity index (χ3n) is 3.53. The van der Waals surface area contributed by atoms with E-state index in [1.54, 1.807) is 0 Å². The molecule has 1 unspecified atom stereocenters. The van der Waals surface area contributed by atoms with E-state index in [4.69, 9.17) is 5.11 Å². The van der Waals surface area contributed by atoms with Crippen molar-refractivity contribution in [2.45, 2.75) is 18.9 Å². The number of imidazole rings is 1. The summed E-state index contributed by atoms with van der Waals surface area (Å²) < 4.78 is 1.34. The number of aromatic carboxylic acids is 1. The number of nitrogens with zero attached hydrogens (tertiary/aromatic N) is 1. The molecule has 0 aliphatic carbocycles. The van der Waals surface area contributed by atoms with Gasteiger partial charge in [0.15, 0.2) is 0 Å². The molecule has 0 saturated carbocycles. The molecular weight excluding hydrogens is 262 g/mol. The van der Waals surface area contributed by atoms with Crippen molar-refractivity contribution < 1.29 is 14.7 Å². The molecule has 1 aliphatic rings. The maximum Gasteiger partial charge on any atom is 0.335 e. The number of H-pyrrole nitrogens is 1. The van der Waals surface area contributed by atoms with Crippen molar-refractivity contribution in [3.8, 4) is 0 Å². The minimum absolute atomic E-state index is 0.0847. The molecule has 1 aliphatic heterocycles. The minimum atomic E-state index is -1.07. The van der Waals surface area contributed by atoms with Gasteiger partial charge in [-0.25, -0.2) is 9.59 Å². The van der Waals surface area contributed by atoms with Gasteiger partial charge in [-0.15, -0.1) is 0 Å². The molecule has 0 bridgehead atoms. The van der Waals surface area contributed by atoms with E-state index in [9.17, 15) is 14.4 Å². The number of aromatic nitrogens is 2. The van der Waals surface area contributed by atoms with E-state index in [1.165, 1.54) is 22.8 Å². The van der Waals surface area contributed by atoms with Crippen molar-refractivity contribution in [2.75, 3.05) is 6.54 Å². The Hall–Kier alpha value is -2.57. The van der Waals surface area contributed by atoms with Crippen LogP contribution in [-0.4, -0.2) is 33.1 Å². The lowest BCUT2D eigenvalue weighted by Gasteiger charge is -2.22. The van der Waals surface area contributed by atoms with Crippen LogP contribution in [0.15, 0.2) is 23.0 Å². The van der Waals surface area contributed by atoms with Gasteiger partial charge in [0.25, 0.3) is 0 Å². The number of hydrogen-bond acceptors (Lipinski definition) is 3. The van der Waals surface area contributed by atoms with E-state index in [2.05, 4.69) is 10.3 Å². The third-order valence-corrected chi connectivity index (χ3v) is 3.53. The zero-order valence-electron chi connectivity index (χ0n) is 10.5. The number of carbonyl (C=O) groups is 2. The topological polar surface area (TPSA) is 104 Å². The van der Waals surface area contributed by atoms with Crippen LogP contribution in [0.1, 0.15) is 29.2 Å². The highest BCUT2D eigenvalue weighted by Gasteiger charge is 2.27. The van der Waals surface area contributed by atoms with Crippen LogP contribution in [0.3, 0.4) is 0 Å². The Labute approximate surface area is 113 Å². The summed E-state index contributed by atoms with van der Waals surface area (Å²) in [5.74, 6) is -1.28. The highest BCUT2D eigenvalue weighted by Crippen LogP contribution is 2.22. The van der Waals surface area contributed by atoms with Crippen LogP contribution in [0.5, 0.6) is 0 Å². The van der Waals surface area contributed by atoms with Crippen LogP contribution in [0.4, 0.5) is 0 Å². The molecule has 1 aromatic carbocycles. The molecule has 7 nitrogen and oxygen atoms in total. The van der Waals surface area contributed by atoms with Crippen LogP contribution in [0.25, 0.3) is 11.0 Å². The monoisotopic (exact) mass is 275 g/mol. The smallest absolute Gasteiger partial charge is 0.335 e. The Morgan fingerprint density at radius 3 is 2.85 bits per heavy atom. The first-order valence-corrected chi connectivity index (χ1v) is 6.33. The number of piperidine rings is 1. The van der Waals surface area contributed by atoms with Gasteiger partial charge in [0.05, 0.1) is 16.6 Å². The Morgan fingerprint density at radius 2 is 2.15 bits per heavy atom. The van der Waals surface area contributed by atoms with Crippen LogP contribution < -0.4 is 11.0 Å². The summed E-state index contributed by atoms with van der Waals surface area (Å²) in [6, 6.07) is 3.79. The first-order chi connectivity index (χ1) is 9.58. The predicted octanol–water partition coefficient (Wildman–Crippen LogP) is 0.479. The van der Waals surface area contributed by atoms with Gasteiger partial charge < -0.3 is 15.4 Å². The summed E-state index contributed by atoms with van der Waals surface area (Å²) in [5, 5.41) is 11.7. The fraction of sp³-hybridized carbons (Fsp3) is 0.308. The van der Waals surface area contributed by atoms with Crippen LogP contribution >= 0.6 is 0 Å². The molecular formula is C13H13N3O4. The Kier molecular flexibility index (Phi) is 2.81. The van der Waals surface area contributed by atoms with Crippen LogP contribution in [0, 0.1) is 0 Å². The largest absolute Gasteiger partial charge is 0.478 e. The number of fused-ring (bicyclic) bond motifs is 1. The maximum atomic E-state index is 12.0. The Bertz CT molecular complexity index is 759. The van der Waals surface area contributed by atoms with E-state index in [0.29, 0.717) is 24.0 Å². The van der Waals surface area contributed by atoms with Gasteiger partial charge in [0.2, 0.25) is 5.91 Å². The number of nitrogens with one attached hydrogen (secondary N) is 2. The number of rotatable bonds is 2. The first-order valence-electron chi connectivity index (χ1n) is 6.33. The quantitative estimate of drug-likeness (QED) is 0.741. The second-order valence-corrected chi connectivity index (χ2v) is 4.79. The van der Waals surface area contributed by atoms with Crippen LogP contribution in [-0.2, 0) is 4.79 Å². The minimum Gasteiger partial charge on any atom is -0.478 e. The highest BCUT2D eigenvalue weighted by molar-refractivity contribution is 5.93. The molecule has 3 rings (SSSR count). The average Bonchev–Trinajstić information content (AvgIpc) is 2.74. The SMILES string of the molecule is O=C(O)c1ccc2[nH]c(=O)n(C3CCCNC3=O)c2c1. The van der Waals surface area contributed by atoms with Crippen molar-refractivity contribution in [2.24, 2.45) is 0 Å². The summed E-state index contributed by atoms with van der Waals surface area (Å²) in [4.78, 5) is 37.6. The molecule has 0 radical (unpaired) electrons. The fourth-order valence-electron chi connectivity index (χ4n) is 2.57. The van der Waals surface area contributed by atoms with Gasteiger partial charge >= 0.3 is 11.7 Å². The summed E-state index contributed by atoms with van der Waals surface area (Å²) in [5.41, 5.74) is 0.654. The molecule has 0 spiro atoms. The number of carboxylic acids is 1. The number of benzene rings is 1. The number of hydrogen-bond donors (Lipinski definition) is 3. The van der Waals surface area contributed by atoms with Crippen LogP contribution in [0.2, 0.25) is 0 Å². The highest BCUT2D eigenvalue weighted by atomic mass is 16.4. The molecule has 20 heavy (non-hydrogen) atoms. The Morgan fingerprint density at radius 1 is 1.35 bits per heavy atom. The average molecular weight is 275 g/mol. The number of carbonyl (C=O) groups excluding carboxylic acids is 1. The zero-order valence-corrected chi connectivity index (χ0v) is 10.5. The van der Waals surface area contributed by atoms with E-state index in [-0.39, 0.29) is 11.5 Å². The molecule has 2 aromatic rings. The fourth-order valence-corrected chi connectivity index (χ4v) is 2.57. The van der Waals surface area contributed by atoms with Gasteiger partial charge in [-0.3, -0.25) is 9.36 Å². The lowest BCUT2D eigenvalue weighted by atomic mass is 10.1. The van der Waals surface area contributed by atoms with E-state index in [0.717, 1.165) is 6.42 Å². The van der Waals surface area contributed by atoms with Crippen molar-refractivity contribution in [1.29, 1.82) is 0 Å². The van der Waals surface area contributed by atoms with E-state index >= 15 is 0 Å². The lowest BCUT2D eigenvalue weighted by Crippen LogP contribution is -2.40. The van der Waals surface area contributed by atoms with Gasteiger partial charge in [0, 0.05) is 6.54 Å². The number of carboxylic acid groups (broad SMARTS) is 1. The summed E-state index contributed by atoms with van der Waals surface area (Å²) in [6.07, 6.45) is 1.35. The molecule has 7 heteroatoms. The molecule has 1 aromatic heterocycles. The molecule has 1 saturated heterocycles. The standard InChI is InChI=1S/C13H13N3O4/c17-11-9(2-1-5-14-11)16-10-6-7(12(18)19)3-4-8(10)15-13(16)20/h3-4,6,9H,1-2,5H2,(H,14,17)(H,15,20)(H,18,19). The van der Waals surface area contributed by atoms with Crippen molar-refractivity contribution >= 4 is 22.9 Å². The van der Waals surface area contributed by atoms with Gasteiger partial charge in [-0.2, -0.15) is 0 Å². The second kappa shape index (κ2) is 4.52. The van der Waals surface area contributed by atoms with Gasteiger partial charge in [-0.1, -0.05) is 0 Å². The molecule has 2 heterocycles. The second-order valence-electron chi connectivity index (χ2n) is 4.79. The van der Waals surface area contributed by atoms with Crippen molar-refractivity contribution in [3.05, 3.63) is 34.2 Å². The van der Waals surface area contributed by atoms with Gasteiger partial charge in [-0.05, 0) is 31.0 Å². The van der Waals surface area contributed by atoms with Crippen molar-refractivity contribution in [3.63, 3.8) is 0 Å². The number of amides is 1. The maximum absolute atomic E-state index is 12.0. The third kappa shape index (κ3) is 1.87. The molecule has 3 N–H and O–H groups in total. The molecule has 104 valence electrons. The van der Waals surface area contributed by atoms with E-state index in [1.807, 2.05) is 0 Å². The lowest BCUT2D eigenvalue weighted by molar-refractivity contribution is -0.125. The normalized spacial score (nSPS) is 19.0. The summed E-state index contributed by atoms with van der Waals surface area (Å²) >= 11 is 0. The number of aromatic amines is 1. The predicted molar refractivity (Wildman–Crippen MR) is 70.8 cm³/mol. The Balaban J connectivity index is 2.20. The summed E-state index contributed by atoms with van der Waals surface area (Å²) in [6.45, 7) is 0.604. The summed E-state index contributed by atoms with van der Waals surface area (Å²) in [7, 11) is 0. The molecule has 1 atom stereocenters. The van der Waals surface area contributed by atoms with E-state index < -0.39 is 17.7 Å². The zero-order chi connectivity index (χ0) is 14.3. The van der Waals surface area contributed by atoms with Crippen molar-refractivity contribution in [1.82, 2.24) is 14.9 Å².